The molecule has 0 spiro atoms. The number of carbonyl (C=O) groups excluding carboxylic acids is 1. The summed E-state index contributed by atoms with van der Waals surface area (Å²) in [4.78, 5) is 10.5. The number of hydrogen-bond acceptors (Lipinski definition) is 3. The van der Waals surface area contributed by atoms with Crippen LogP contribution in [0.1, 0.15) is 24.8 Å². The third-order valence-electron chi connectivity index (χ3n) is 4.85. The van der Waals surface area contributed by atoms with Crippen molar-refractivity contribution in [2.75, 3.05) is 12.4 Å². The van der Waals surface area contributed by atoms with Crippen LogP contribution < -0.4 is 10.6 Å². The molecule has 1 aromatic carbocycles. The van der Waals surface area contributed by atoms with Gasteiger partial charge in [0.15, 0.2) is 0 Å². The number of nitrogens with one attached hydrogen (secondary N) is 2. The van der Waals surface area contributed by atoms with E-state index >= 15 is 0 Å². The maximum Gasteiger partial charge on any atom is 0.142 e. The van der Waals surface area contributed by atoms with E-state index in [9.17, 15) is 4.79 Å². The number of carbonyl (C=O) groups is 1. The molecule has 1 atom stereocenters. The summed E-state index contributed by atoms with van der Waals surface area (Å²) in [6, 6.07) is 5.55. The van der Waals surface area contributed by atoms with E-state index in [0.29, 0.717) is 5.54 Å². The van der Waals surface area contributed by atoms with Gasteiger partial charge in [-0.2, -0.15) is 0 Å². The summed E-state index contributed by atoms with van der Waals surface area (Å²) in [5, 5.41) is 7.22. The zero-order chi connectivity index (χ0) is 17.0. The van der Waals surface area contributed by atoms with Gasteiger partial charge in [0.05, 0.1) is 6.04 Å². The molecule has 126 valence electrons. The lowest BCUT2D eigenvalue weighted by Crippen LogP contribution is -2.29. The number of rotatable bonds is 3. The van der Waals surface area contributed by atoms with Gasteiger partial charge in [-0.25, -0.2) is 0 Å². The van der Waals surface area contributed by atoms with Crippen molar-refractivity contribution in [3.05, 3.63) is 64.7 Å². The molecule has 1 aliphatic heterocycles. The maximum atomic E-state index is 10.5. The molecular weight excluding hydrogens is 320 g/mol. The minimum atomic E-state index is -0.0709. The number of halogens is 1. The van der Waals surface area contributed by atoms with Crippen molar-refractivity contribution in [1.82, 2.24) is 5.32 Å². The van der Waals surface area contributed by atoms with Crippen molar-refractivity contribution in [3.63, 3.8) is 0 Å². The molecule has 2 aliphatic carbocycles. The molecular formula is C20H23ClN2O. The van der Waals surface area contributed by atoms with Crippen molar-refractivity contribution >= 4 is 23.6 Å². The fourth-order valence-corrected chi connectivity index (χ4v) is 3.43. The van der Waals surface area contributed by atoms with Crippen LogP contribution in [0.3, 0.4) is 0 Å². The summed E-state index contributed by atoms with van der Waals surface area (Å²) in [6.45, 7) is 0. The highest BCUT2D eigenvalue weighted by molar-refractivity contribution is 6.30. The molecule has 3 nitrogen and oxygen atoms in total. The van der Waals surface area contributed by atoms with E-state index in [1.807, 2.05) is 18.2 Å². The predicted octanol–water partition coefficient (Wildman–Crippen LogP) is 4.06. The lowest BCUT2D eigenvalue weighted by atomic mass is 10.0. The topological polar surface area (TPSA) is 41.1 Å². The second-order valence-corrected chi connectivity index (χ2v) is 6.87. The first-order chi connectivity index (χ1) is 11.7. The van der Waals surface area contributed by atoms with Crippen LogP contribution in [0.5, 0.6) is 0 Å². The average Bonchev–Trinajstić information content (AvgIpc) is 3.34. The first-order valence-corrected chi connectivity index (χ1v) is 8.77. The summed E-state index contributed by atoms with van der Waals surface area (Å²) in [6.07, 6.45) is 16.2. The van der Waals surface area contributed by atoms with Gasteiger partial charge in [0, 0.05) is 22.7 Å². The van der Waals surface area contributed by atoms with Crippen molar-refractivity contribution in [1.29, 1.82) is 0 Å². The molecule has 1 fully saturated rings. The van der Waals surface area contributed by atoms with E-state index in [1.54, 1.807) is 0 Å². The smallest absolute Gasteiger partial charge is 0.142 e. The first kappa shape index (κ1) is 17.0. The fraction of sp³-hybridized carbons (Fsp3) is 0.350. The van der Waals surface area contributed by atoms with E-state index in [-0.39, 0.29) is 6.04 Å². The van der Waals surface area contributed by atoms with Gasteiger partial charge < -0.3 is 15.4 Å². The Morgan fingerprint density at radius 2 is 2.12 bits per heavy atom. The molecule has 4 rings (SSSR count). The monoisotopic (exact) mass is 342 g/mol. The molecule has 4 heteroatoms. The van der Waals surface area contributed by atoms with E-state index < -0.39 is 0 Å². The minimum Gasteiger partial charge on any atom is -0.375 e. The Morgan fingerprint density at radius 3 is 2.83 bits per heavy atom. The van der Waals surface area contributed by atoms with E-state index in [4.69, 9.17) is 11.6 Å². The molecule has 0 bridgehead atoms. The summed E-state index contributed by atoms with van der Waals surface area (Å²) in [5.41, 5.74) is 4.05. The zero-order valence-electron chi connectivity index (χ0n) is 13.9. The Hall–Kier alpha value is -1.84. The largest absolute Gasteiger partial charge is 0.375 e. The van der Waals surface area contributed by atoms with Crippen molar-refractivity contribution < 1.29 is 4.79 Å². The van der Waals surface area contributed by atoms with Crippen LogP contribution in [0, 0.1) is 0 Å². The number of allylic oxidation sites excluding steroid dienone is 5. The molecule has 24 heavy (non-hydrogen) atoms. The SMILES string of the molecule is CNC1(C2=CC=CC=CC2)CC1.O=CC1Cc2cc(Cl)ccc2N1. The molecule has 0 saturated heterocycles. The summed E-state index contributed by atoms with van der Waals surface area (Å²) < 4.78 is 0. The first-order valence-electron chi connectivity index (χ1n) is 8.39. The second-order valence-electron chi connectivity index (χ2n) is 6.43. The Balaban J connectivity index is 0.000000141. The van der Waals surface area contributed by atoms with Gasteiger partial charge in [-0.1, -0.05) is 42.0 Å². The van der Waals surface area contributed by atoms with Crippen molar-refractivity contribution in [2.45, 2.75) is 37.3 Å². The van der Waals surface area contributed by atoms with Crippen LogP contribution in [0.15, 0.2) is 54.2 Å². The van der Waals surface area contributed by atoms with Gasteiger partial charge >= 0.3 is 0 Å². The number of benzene rings is 1. The number of aldehydes is 1. The van der Waals surface area contributed by atoms with Gasteiger partial charge in [-0.15, -0.1) is 0 Å². The lowest BCUT2D eigenvalue weighted by Gasteiger charge is -2.16. The molecule has 0 amide bonds. The van der Waals surface area contributed by atoms with Crippen LogP contribution in [0.4, 0.5) is 5.69 Å². The highest BCUT2D eigenvalue weighted by atomic mass is 35.5. The zero-order valence-corrected chi connectivity index (χ0v) is 14.6. The van der Waals surface area contributed by atoms with Crippen LogP contribution >= 0.6 is 11.6 Å². The van der Waals surface area contributed by atoms with Crippen molar-refractivity contribution in [2.24, 2.45) is 0 Å². The molecule has 1 aromatic rings. The molecule has 1 heterocycles. The Bertz CT molecular complexity index is 702. The number of hydrogen-bond donors (Lipinski definition) is 2. The second kappa shape index (κ2) is 7.37. The number of likely N-dealkylation sites (N-methyl/N-ethyl adjacent to an activating group) is 1. The van der Waals surface area contributed by atoms with Crippen LogP contribution in [0.2, 0.25) is 5.02 Å². The highest BCUT2D eigenvalue weighted by Crippen LogP contribution is 2.43. The Labute approximate surface area is 148 Å². The normalized spacial score (nSPS) is 22.4. The molecule has 1 saturated carbocycles. The summed E-state index contributed by atoms with van der Waals surface area (Å²) >= 11 is 5.80. The molecule has 0 radical (unpaired) electrons. The standard InChI is InChI=1S/C11H15N.C9H8ClNO/c1-12-11(8-9-11)10-6-4-2-3-5-7-10;10-7-1-2-9-6(3-7)4-8(5-12)11-9/h2-6,12H,7-9H2,1H3;1-3,5,8,11H,4H2. The predicted molar refractivity (Wildman–Crippen MR) is 101 cm³/mol. The third kappa shape index (κ3) is 3.80. The van der Waals surface area contributed by atoms with Crippen LogP contribution in [0.25, 0.3) is 0 Å². The van der Waals surface area contributed by atoms with Gasteiger partial charge in [-0.3, -0.25) is 0 Å². The van der Waals surface area contributed by atoms with Gasteiger partial charge in [0.25, 0.3) is 0 Å². The summed E-state index contributed by atoms with van der Waals surface area (Å²) in [5.74, 6) is 0. The molecule has 3 aliphatic rings. The molecule has 2 N–H and O–H groups in total. The van der Waals surface area contributed by atoms with E-state index in [2.05, 4.69) is 48.1 Å². The van der Waals surface area contributed by atoms with Crippen LogP contribution in [-0.4, -0.2) is 24.9 Å². The quantitative estimate of drug-likeness (QED) is 0.814. The Morgan fingerprint density at radius 1 is 1.29 bits per heavy atom. The summed E-state index contributed by atoms with van der Waals surface area (Å²) in [7, 11) is 2.06. The highest BCUT2D eigenvalue weighted by Gasteiger charge is 2.43. The fourth-order valence-electron chi connectivity index (χ4n) is 3.23. The lowest BCUT2D eigenvalue weighted by molar-refractivity contribution is -0.108. The maximum absolute atomic E-state index is 10.5. The minimum absolute atomic E-state index is 0.0709. The number of fused-ring (bicyclic) bond motifs is 1. The number of anilines is 1. The van der Waals surface area contributed by atoms with Crippen molar-refractivity contribution in [3.8, 4) is 0 Å². The van der Waals surface area contributed by atoms with Gasteiger partial charge in [0.1, 0.15) is 6.29 Å². The van der Waals surface area contributed by atoms with Gasteiger partial charge in [0.2, 0.25) is 0 Å². The Kier molecular flexibility index (Phi) is 5.22. The molecule has 0 aromatic heterocycles. The van der Waals surface area contributed by atoms with E-state index in [1.165, 1.54) is 18.4 Å². The van der Waals surface area contributed by atoms with Gasteiger partial charge in [-0.05, 0) is 55.6 Å². The van der Waals surface area contributed by atoms with Crippen LogP contribution in [-0.2, 0) is 11.2 Å². The van der Waals surface area contributed by atoms with E-state index in [0.717, 1.165) is 35.4 Å². The molecule has 1 unspecified atom stereocenters. The average molecular weight is 343 g/mol. The third-order valence-corrected chi connectivity index (χ3v) is 5.08.